The average Bonchev–Trinajstić information content (AvgIpc) is 3.70. The molecule has 2 aliphatic heterocycles. The first-order valence-electron chi connectivity index (χ1n) is 10.3. The zero-order chi connectivity index (χ0) is 21.0. The summed E-state index contributed by atoms with van der Waals surface area (Å²) in [7, 11) is 1.42. The predicted molar refractivity (Wildman–Crippen MR) is 111 cm³/mol. The Labute approximate surface area is 177 Å². The summed E-state index contributed by atoms with van der Waals surface area (Å²) < 4.78 is 26.8. The van der Waals surface area contributed by atoms with Crippen molar-refractivity contribution in [3.63, 3.8) is 0 Å². The van der Waals surface area contributed by atoms with Gasteiger partial charge in [-0.1, -0.05) is 31.2 Å². The smallest absolute Gasteiger partial charge is 0.305 e. The minimum Gasteiger partial charge on any atom is -0.491 e. The van der Waals surface area contributed by atoms with Crippen molar-refractivity contribution in [2.24, 2.45) is 0 Å². The van der Waals surface area contributed by atoms with Crippen molar-refractivity contribution >= 4 is 5.97 Å². The van der Waals surface area contributed by atoms with Crippen LogP contribution in [0.1, 0.15) is 30.9 Å². The number of hydrogen-bond acceptors (Lipinski definition) is 6. The Morgan fingerprint density at radius 3 is 1.70 bits per heavy atom. The van der Waals surface area contributed by atoms with E-state index in [2.05, 4.69) is 31.2 Å². The van der Waals surface area contributed by atoms with E-state index >= 15 is 0 Å². The molecule has 4 rings (SSSR count). The molecule has 0 N–H and O–H groups in total. The first-order chi connectivity index (χ1) is 14.6. The lowest BCUT2D eigenvalue weighted by Crippen LogP contribution is -2.25. The summed E-state index contributed by atoms with van der Waals surface area (Å²) in [6, 6.07) is 16.2. The molecule has 0 radical (unpaired) electrons. The van der Waals surface area contributed by atoms with Crippen LogP contribution in [-0.4, -0.2) is 51.7 Å². The Morgan fingerprint density at radius 1 is 0.900 bits per heavy atom. The number of methoxy groups -OCH3 is 1. The SMILES string of the molecule is COC(=O)CCC(C)(c1ccc(OCC2CO2)cc1)c1ccc(OCC2CO2)cc1. The van der Waals surface area contributed by atoms with Crippen molar-refractivity contribution in [2.75, 3.05) is 33.5 Å². The zero-order valence-corrected chi connectivity index (χ0v) is 17.5. The number of hydrogen-bond donors (Lipinski definition) is 0. The molecule has 0 aliphatic carbocycles. The van der Waals surface area contributed by atoms with Crippen LogP contribution >= 0.6 is 0 Å². The number of rotatable bonds is 11. The summed E-state index contributed by atoms with van der Waals surface area (Å²) in [4.78, 5) is 11.9. The van der Waals surface area contributed by atoms with Gasteiger partial charge < -0.3 is 23.7 Å². The van der Waals surface area contributed by atoms with E-state index in [9.17, 15) is 4.79 Å². The van der Waals surface area contributed by atoms with Gasteiger partial charge in [-0.2, -0.15) is 0 Å². The Kier molecular flexibility index (Phi) is 6.25. The molecule has 2 saturated heterocycles. The van der Waals surface area contributed by atoms with Crippen molar-refractivity contribution in [1.82, 2.24) is 0 Å². The fourth-order valence-electron chi connectivity index (χ4n) is 3.45. The molecule has 0 bridgehead atoms. The number of epoxide rings is 2. The van der Waals surface area contributed by atoms with E-state index in [1.807, 2.05) is 24.3 Å². The minimum atomic E-state index is -0.357. The van der Waals surface area contributed by atoms with E-state index in [0.717, 1.165) is 35.8 Å². The maximum absolute atomic E-state index is 11.9. The molecule has 30 heavy (non-hydrogen) atoms. The quantitative estimate of drug-likeness (QED) is 0.416. The second kappa shape index (κ2) is 9.06. The van der Waals surface area contributed by atoms with Crippen molar-refractivity contribution < 1.29 is 28.5 Å². The van der Waals surface area contributed by atoms with Crippen LogP contribution < -0.4 is 9.47 Å². The van der Waals surface area contributed by atoms with Crippen LogP contribution in [0.2, 0.25) is 0 Å². The molecule has 6 heteroatoms. The molecule has 0 aromatic heterocycles. The highest BCUT2D eigenvalue weighted by Crippen LogP contribution is 2.38. The lowest BCUT2D eigenvalue weighted by molar-refractivity contribution is -0.140. The van der Waals surface area contributed by atoms with Crippen molar-refractivity contribution in [3.05, 3.63) is 59.7 Å². The predicted octanol–water partition coefficient (Wildman–Crippen LogP) is 3.50. The van der Waals surface area contributed by atoms with Crippen LogP contribution in [0.25, 0.3) is 0 Å². The van der Waals surface area contributed by atoms with Crippen LogP contribution in [-0.2, 0) is 24.4 Å². The molecule has 2 aliphatic rings. The molecule has 0 saturated carbocycles. The molecule has 2 heterocycles. The first-order valence-corrected chi connectivity index (χ1v) is 10.3. The topological polar surface area (TPSA) is 69.8 Å². The third-order valence-corrected chi connectivity index (χ3v) is 5.72. The van der Waals surface area contributed by atoms with Crippen LogP contribution in [0.5, 0.6) is 11.5 Å². The fourth-order valence-corrected chi connectivity index (χ4v) is 3.45. The maximum Gasteiger partial charge on any atom is 0.305 e. The Morgan fingerprint density at radius 2 is 1.33 bits per heavy atom. The summed E-state index contributed by atoms with van der Waals surface area (Å²) >= 11 is 0. The highest BCUT2D eigenvalue weighted by atomic mass is 16.6. The third-order valence-electron chi connectivity index (χ3n) is 5.72. The van der Waals surface area contributed by atoms with Gasteiger partial charge in [0.1, 0.15) is 36.9 Å². The van der Waals surface area contributed by atoms with Crippen molar-refractivity contribution in [3.8, 4) is 11.5 Å². The largest absolute Gasteiger partial charge is 0.491 e. The van der Waals surface area contributed by atoms with E-state index in [1.54, 1.807) is 0 Å². The molecule has 6 nitrogen and oxygen atoms in total. The molecular formula is C24H28O6. The van der Waals surface area contributed by atoms with Gasteiger partial charge in [0, 0.05) is 11.8 Å². The normalized spacial score (nSPS) is 21.4. The van der Waals surface area contributed by atoms with Gasteiger partial charge in [0.05, 0.1) is 20.3 Å². The first kappa shape index (κ1) is 20.7. The number of ether oxygens (including phenoxy) is 5. The molecule has 2 unspecified atom stereocenters. The molecule has 2 aromatic rings. The highest BCUT2D eigenvalue weighted by Gasteiger charge is 2.30. The van der Waals surface area contributed by atoms with Gasteiger partial charge in [-0.25, -0.2) is 0 Å². The number of carbonyl (C=O) groups excluding carboxylic acids is 1. The minimum absolute atomic E-state index is 0.213. The zero-order valence-electron chi connectivity index (χ0n) is 17.5. The Hall–Kier alpha value is -2.57. The van der Waals surface area contributed by atoms with E-state index in [-0.39, 0.29) is 23.6 Å². The van der Waals surface area contributed by atoms with Crippen LogP contribution in [0.4, 0.5) is 0 Å². The molecule has 0 spiro atoms. The van der Waals surface area contributed by atoms with Gasteiger partial charge in [0.15, 0.2) is 0 Å². The monoisotopic (exact) mass is 412 g/mol. The van der Waals surface area contributed by atoms with E-state index in [1.165, 1.54) is 7.11 Å². The fraction of sp³-hybridized carbons (Fsp3) is 0.458. The Balaban J connectivity index is 1.51. The van der Waals surface area contributed by atoms with Crippen LogP contribution in [0.15, 0.2) is 48.5 Å². The van der Waals surface area contributed by atoms with Gasteiger partial charge >= 0.3 is 5.97 Å². The third kappa shape index (κ3) is 5.32. The van der Waals surface area contributed by atoms with Gasteiger partial charge in [0.2, 0.25) is 0 Å². The Bertz CT molecular complexity index is 778. The number of carbonyl (C=O) groups is 1. The van der Waals surface area contributed by atoms with E-state index in [4.69, 9.17) is 23.7 Å². The summed E-state index contributed by atoms with van der Waals surface area (Å²) in [5.74, 6) is 1.42. The van der Waals surface area contributed by atoms with Gasteiger partial charge in [0.25, 0.3) is 0 Å². The molecule has 2 atom stereocenters. The summed E-state index contributed by atoms with van der Waals surface area (Å²) in [5, 5.41) is 0. The van der Waals surface area contributed by atoms with Gasteiger partial charge in [-0.05, 0) is 41.8 Å². The second-order valence-electron chi connectivity index (χ2n) is 7.99. The lowest BCUT2D eigenvalue weighted by atomic mass is 9.73. The summed E-state index contributed by atoms with van der Waals surface area (Å²) in [6.07, 6.45) is 1.41. The lowest BCUT2D eigenvalue weighted by Gasteiger charge is -2.31. The van der Waals surface area contributed by atoms with Crippen LogP contribution in [0.3, 0.4) is 0 Å². The van der Waals surface area contributed by atoms with Crippen molar-refractivity contribution in [1.29, 1.82) is 0 Å². The number of esters is 1. The maximum atomic E-state index is 11.9. The standard InChI is InChI=1S/C24H28O6/c1-24(12-11-23(25)26-2,17-3-7-19(8-4-17)27-13-21-15-29-21)18-5-9-20(10-6-18)28-14-22-16-30-22/h3-10,21-22H,11-16H2,1-2H3. The van der Waals surface area contributed by atoms with Crippen molar-refractivity contribution in [2.45, 2.75) is 37.4 Å². The summed E-state index contributed by atoms with van der Waals surface area (Å²) in [6.45, 7) is 4.85. The second-order valence-corrected chi connectivity index (χ2v) is 7.99. The average molecular weight is 412 g/mol. The molecule has 2 fully saturated rings. The number of benzene rings is 2. The summed E-state index contributed by atoms with van der Waals surface area (Å²) in [5.41, 5.74) is 1.87. The van der Waals surface area contributed by atoms with Crippen LogP contribution in [0, 0.1) is 0 Å². The van der Waals surface area contributed by atoms with E-state index < -0.39 is 0 Å². The molecule has 160 valence electrons. The van der Waals surface area contributed by atoms with E-state index in [0.29, 0.717) is 26.1 Å². The van der Waals surface area contributed by atoms with Gasteiger partial charge in [-0.15, -0.1) is 0 Å². The molecule has 0 amide bonds. The van der Waals surface area contributed by atoms with Gasteiger partial charge in [-0.3, -0.25) is 4.79 Å². The molecular weight excluding hydrogens is 384 g/mol. The molecule has 2 aromatic carbocycles. The highest BCUT2D eigenvalue weighted by molar-refractivity contribution is 5.69.